The van der Waals surface area contributed by atoms with Gasteiger partial charge in [0.15, 0.2) is 0 Å². The van der Waals surface area contributed by atoms with Crippen molar-refractivity contribution in [2.24, 2.45) is 0 Å². The molecule has 2 aliphatic rings. The number of fused-ring (bicyclic) bond motifs is 3. The van der Waals surface area contributed by atoms with Gasteiger partial charge in [0.2, 0.25) is 0 Å². The summed E-state index contributed by atoms with van der Waals surface area (Å²) in [6.07, 6.45) is 0. The Kier molecular flexibility index (Phi) is 7.28. The molecule has 0 saturated carbocycles. The first kappa shape index (κ1) is 15.4. The second-order valence-electron chi connectivity index (χ2n) is 3.69. The van der Waals surface area contributed by atoms with Crippen molar-refractivity contribution in [2.75, 3.05) is 0 Å². The maximum absolute atomic E-state index is 8.44. The summed E-state index contributed by atoms with van der Waals surface area (Å²) < 4.78 is 8.44. The number of hydrogen-bond acceptors (Lipinski definition) is 3. The maximum atomic E-state index is 8.44. The Labute approximate surface area is 123 Å². The van der Waals surface area contributed by atoms with Gasteiger partial charge in [0.1, 0.15) is 0 Å². The Morgan fingerprint density at radius 2 is 1.67 bits per heavy atom. The van der Waals surface area contributed by atoms with Crippen LogP contribution in [0.25, 0.3) is 0 Å². The van der Waals surface area contributed by atoms with Gasteiger partial charge in [-0.1, -0.05) is 42.5 Å². The smallest absolute Gasteiger partial charge is 0.0446 e. The summed E-state index contributed by atoms with van der Waals surface area (Å²) in [5.74, 6) is 1.86. The van der Waals surface area contributed by atoms with Gasteiger partial charge in [0.25, 0.3) is 0 Å². The molecular formula is C14H15ClOS2. The van der Waals surface area contributed by atoms with Gasteiger partial charge in [-0.15, -0.1) is 24.2 Å². The summed E-state index contributed by atoms with van der Waals surface area (Å²) in [5.41, 5.74) is 2.61. The molecule has 0 aromatic heterocycles. The molecule has 96 valence electrons. The van der Waals surface area contributed by atoms with Gasteiger partial charge in [-0.25, -0.2) is 0 Å². The highest BCUT2D eigenvalue weighted by Gasteiger charge is 2.01. The quantitative estimate of drug-likeness (QED) is 0.778. The monoisotopic (exact) mass is 298 g/mol. The molecule has 2 aliphatic heterocycles. The van der Waals surface area contributed by atoms with Crippen LogP contribution in [0.2, 0.25) is 0 Å². The Morgan fingerprint density at radius 1 is 1.00 bits per heavy atom. The fourth-order valence-electron chi connectivity index (χ4n) is 1.50. The molecule has 1 N–H and O–H groups in total. The number of hydrogen-bond donors (Lipinski definition) is 1. The average molecular weight is 299 g/mol. The summed E-state index contributed by atoms with van der Waals surface area (Å²) in [4.78, 5) is 1.40. The number of thioether (sulfide) groups is 1. The topological polar surface area (TPSA) is 20.2 Å². The second kappa shape index (κ2) is 8.48. The highest BCUT2D eigenvalue weighted by Crippen LogP contribution is 2.28. The molecule has 0 aliphatic carbocycles. The van der Waals surface area contributed by atoms with Crippen molar-refractivity contribution < 1.29 is 4.55 Å². The highest BCUT2D eigenvalue weighted by molar-refractivity contribution is 7.98. The Morgan fingerprint density at radius 3 is 2.00 bits per heavy atom. The predicted octanol–water partition coefficient (Wildman–Crippen LogP) is 5.11. The molecule has 2 bridgehead atoms. The van der Waals surface area contributed by atoms with E-state index in [0.29, 0.717) is 5.75 Å². The van der Waals surface area contributed by atoms with Crippen molar-refractivity contribution in [3.05, 3.63) is 65.7 Å². The van der Waals surface area contributed by atoms with Gasteiger partial charge in [0.05, 0.1) is 0 Å². The second-order valence-corrected chi connectivity index (χ2v) is 5.29. The Bertz CT molecular complexity index is 422. The third-order valence-electron chi connectivity index (χ3n) is 2.40. The van der Waals surface area contributed by atoms with E-state index >= 15 is 0 Å². The lowest BCUT2D eigenvalue weighted by molar-refractivity contribution is 0.663. The van der Waals surface area contributed by atoms with E-state index in [1.54, 1.807) is 0 Å². The average Bonchev–Trinajstić information content (AvgIpc) is 2.43. The van der Waals surface area contributed by atoms with Crippen LogP contribution >= 0.6 is 36.2 Å². The molecule has 0 amide bonds. The Balaban J connectivity index is 0.000000171. The van der Waals surface area contributed by atoms with Crippen LogP contribution in [0, 0.1) is 0 Å². The summed E-state index contributed by atoms with van der Waals surface area (Å²) in [6, 6.07) is 18.6. The van der Waals surface area contributed by atoms with E-state index in [2.05, 4.69) is 24.3 Å². The molecule has 0 saturated heterocycles. The SMILES string of the molecule is Cl.OSCc1ccccc1.c1cc2ccc1CS2. The van der Waals surface area contributed by atoms with Gasteiger partial charge >= 0.3 is 0 Å². The van der Waals surface area contributed by atoms with Crippen LogP contribution in [-0.2, 0) is 11.5 Å². The lowest BCUT2D eigenvalue weighted by Gasteiger charge is -2.08. The Hall–Kier alpha value is -0.610. The van der Waals surface area contributed by atoms with Crippen LogP contribution in [0.5, 0.6) is 0 Å². The summed E-state index contributed by atoms with van der Waals surface area (Å²) in [6.45, 7) is 0. The molecule has 0 spiro atoms. The van der Waals surface area contributed by atoms with Gasteiger partial charge < -0.3 is 4.55 Å². The van der Waals surface area contributed by atoms with Crippen LogP contribution < -0.4 is 0 Å². The van der Waals surface area contributed by atoms with Gasteiger partial charge in [-0.05, 0) is 35.3 Å². The van der Waals surface area contributed by atoms with Crippen LogP contribution in [0.15, 0.2) is 59.5 Å². The lowest BCUT2D eigenvalue weighted by Crippen LogP contribution is -1.86. The molecule has 0 fully saturated rings. The largest absolute Gasteiger partial charge is 0.330 e. The minimum absolute atomic E-state index is 0. The molecule has 1 nitrogen and oxygen atoms in total. The molecule has 4 heteroatoms. The molecular weight excluding hydrogens is 284 g/mol. The minimum Gasteiger partial charge on any atom is -0.330 e. The molecule has 4 rings (SSSR count). The zero-order valence-corrected chi connectivity index (χ0v) is 12.2. The molecule has 18 heavy (non-hydrogen) atoms. The fraction of sp³-hybridized carbons (Fsp3) is 0.143. The van der Waals surface area contributed by atoms with Crippen molar-refractivity contribution in [3.63, 3.8) is 0 Å². The number of rotatable bonds is 2. The highest BCUT2D eigenvalue weighted by atomic mass is 35.5. The first-order valence-electron chi connectivity index (χ1n) is 5.40. The van der Waals surface area contributed by atoms with Crippen LogP contribution in [0.1, 0.15) is 11.1 Å². The summed E-state index contributed by atoms with van der Waals surface area (Å²) in [5, 5.41) is 0. The van der Waals surface area contributed by atoms with Crippen molar-refractivity contribution in [1.82, 2.24) is 0 Å². The van der Waals surface area contributed by atoms with E-state index in [9.17, 15) is 0 Å². The maximum Gasteiger partial charge on any atom is 0.0446 e. The molecule has 2 aromatic rings. The molecule has 0 unspecified atom stereocenters. The number of benzene rings is 2. The lowest BCUT2D eigenvalue weighted by atomic mass is 10.2. The zero-order valence-electron chi connectivity index (χ0n) is 9.78. The third kappa shape index (κ3) is 4.94. The van der Waals surface area contributed by atoms with E-state index < -0.39 is 0 Å². The minimum atomic E-state index is 0. The van der Waals surface area contributed by atoms with E-state index in [1.807, 2.05) is 42.1 Å². The molecule has 2 heterocycles. The van der Waals surface area contributed by atoms with Crippen molar-refractivity contribution in [2.45, 2.75) is 16.4 Å². The van der Waals surface area contributed by atoms with Gasteiger partial charge in [-0.2, -0.15) is 0 Å². The molecule has 2 aromatic carbocycles. The van der Waals surface area contributed by atoms with Crippen molar-refractivity contribution in [1.29, 1.82) is 0 Å². The first-order valence-corrected chi connectivity index (χ1v) is 7.33. The fourth-order valence-corrected chi connectivity index (χ4v) is 2.69. The summed E-state index contributed by atoms with van der Waals surface area (Å²) >= 11 is 2.77. The molecule has 0 atom stereocenters. The standard InChI is InChI=1S/C7H8OS.C7H6S.ClH/c8-9-6-7-4-2-1-3-5-7;1-3-7-4-2-6(1)5-8-7;/h1-5,8H,6H2;1-4H,5H2;1H. The van der Waals surface area contributed by atoms with E-state index in [-0.39, 0.29) is 12.4 Å². The summed E-state index contributed by atoms with van der Waals surface area (Å²) in [7, 11) is 0. The van der Waals surface area contributed by atoms with E-state index in [1.165, 1.54) is 16.2 Å². The molecule has 0 radical (unpaired) electrons. The van der Waals surface area contributed by atoms with Crippen LogP contribution in [-0.4, -0.2) is 4.55 Å². The first-order chi connectivity index (χ1) is 8.38. The normalized spacial score (nSPS) is 11.2. The van der Waals surface area contributed by atoms with Crippen LogP contribution in [0.4, 0.5) is 0 Å². The zero-order chi connectivity index (χ0) is 11.9. The van der Waals surface area contributed by atoms with Crippen molar-refractivity contribution >= 4 is 36.2 Å². The van der Waals surface area contributed by atoms with Gasteiger partial charge in [0, 0.05) is 16.4 Å². The van der Waals surface area contributed by atoms with Crippen LogP contribution in [0.3, 0.4) is 0 Å². The van der Waals surface area contributed by atoms with Crippen molar-refractivity contribution in [3.8, 4) is 0 Å². The van der Waals surface area contributed by atoms with E-state index in [0.717, 1.165) is 17.6 Å². The van der Waals surface area contributed by atoms with E-state index in [4.69, 9.17) is 4.55 Å². The van der Waals surface area contributed by atoms with Gasteiger partial charge in [-0.3, -0.25) is 0 Å². The number of halogens is 1. The third-order valence-corrected chi connectivity index (χ3v) is 3.95. The predicted molar refractivity (Wildman–Crippen MR) is 83.6 cm³/mol.